The fourth-order valence-electron chi connectivity index (χ4n) is 1.62. The zero-order chi connectivity index (χ0) is 13.9. The van der Waals surface area contributed by atoms with Crippen molar-refractivity contribution >= 4 is 11.9 Å². The largest absolute Gasteiger partial charge is 0.356 e. The molecule has 0 spiro atoms. The summed E-state index contributed by atoms with van der Waals surface area (Å²) in [7, 11) is 0. The van der Waals surface area contributed by atoms with Crippen molar-refractivity contribution in [3.05, 3.63) is 30.1 Å². The first-order chi connectivity index (χ1) is 9.18. The van der Waals surface area contributed by atoms with E-state index in [0.29, 0.717) is 19.5 Å². The van der Waals surface area contributed by atoms with Crippen molar-refractivity contribution in [3.63, 3.8) is 0 Å². The van der Waals surface area contributed by atoms with Gasteiger partial charge in [-0.1, -0.05) is 6.07 Å². The SMILES string of the molecule is NC(=O)NCCCCCNC(=O)Cc1cccnc1. The molecule has 6 nitrogen and oxygen atoms in total. The van der Waals surface area contributed by atoms with Crippen LogP contribution in [0.15, 0.2) is 24.5 Å². The molecule has 0 saturated carbocycles. The van der Waals surface area contributed by atoms with Gasteiger partial charge in [-0.2, -0.15) is 0 Å². The second kappa shape index (κ2) is 8.91. The Morgan fingerprint density at radius 3 is 2.53 bits per heavy atom. The van der Waals surface area contributed by atoms with Crippen LogP contribution in [0, 0.1) is 0 Å². The van der Waals surface area contributed by atoms with Crippen LogP contribution < -0.4 is 16.4 Å². The topological polar surface area (TPSA) is 97.1 Å². The number of primary amides is 1. The monoisotopic (exact) mass is 264 g/mol. The molecule has 1 rings (SSSR count). The van der Waals surface area contributed by atoms with Crippen molar-refractivity contribution < 1.29 is 9.59 Å². The predicted molar refractivity (Wildman–Crippen MR) is 72.4 cm³/mol. The molecule has 0 aliphatic heterocycles. The molecule has 0 bridgehead atoms. The fourth-order valence-corrected chi connectivity index (χ4v) is 1.62. The van der Waals surface area contributed by atoms with Crippen LogP contribution in [-0.4, -0.2) is 30.0 Å². The Labute approximate surface area is 112 Å². The van der Waals surface area contributed by atoms with E-state index in [2.05, 4.69) is 15.6 Å². The molecule has 1 aromatic heterocycles. The van der Waals surface area contributed by atoms with Crippen LogP contribution >= 0.6 is 0 Å². The van der Waals surface area contributed by atoms with Gasteiger partial charge in [-0.15, -0.1) is 0 Å². The number of unbranched alkanes of at least 4 members (excludes halogenated alkanes) is 2. The van der Waals surface area contributed by atoms with Crippen molar-refractivity contribution in [2.45, 2.75) is 25.7 Å². The Bertz CT molecular complexity index is 395. The molecule has 0 aromatic carbocycles. The zero-order valence-corrected chi connectivity index (χ0v) is 10.9. The van der Waals surface area contributed by atoms with Crippen LogP contribution in [-0.2, 0) is 11.2 Å². The predicted octanol–water partition coefficient (Wildman–Crippen LogP) is 0.579. The minimum absolute atomic E-state index is 0.00302. The summed E-state index contributed by atoms with van der Waals surface area (Å²) < 4.78 is 0. The van der Waals surface area contributed by atoms with Gasteiger partial charge in [-0.05, 0) is 30.9 Å². The Balaban J connectivity index is 2.00. The van der Waals surface area contributed by atoms with Crippen LogP contribution in [0.3, 0.4) is 0 Å². The third-order valence-corrected chi connectivity index (χ3v) is 2.56. The summed E-state index contributed by atoms with van der Waals surface area (Å²) in [5, 5.41) is 5.37. The van der Waals surface area contributed by atoms with E-state index in [-0.39, 0.29) is 5.91 Å². The molecule has 0 unspecified atom stereocenters. The number of carbonyl (C=O) groups excluding carboxylic acids is 2. The molecule has 1 aromatic rings. The van der Waals surface area contributed by atoms with Gasteiger partial charge in [0.15, 0.2) is 0 Å². The minimum atomic E-state index is -0.496. The number of nitrogens with one attached hydrogen (secondary N) is 2. The van der Waals surface area contributed by atoms with Gasteiger partial charge in [-0.3, -0.25) is 9.78 Å². The summed E-state index contributed by atoms with van der Waals surface area (Å²) in [6.45, 7) is 1.23. The van der Waals surface area contributed by atoms with E-state index in [4.69, 9.17) is 5.73 Å². The maximum absolute atomic E-state index is 11.6. The van der Waals surface area contributed by atoms with E-state index < -0.39 is 6.03 Å². The van der Waals surface area contributed by atoms with Crippen molar-refractivity contribution in [1.29, 1.82) is 0 Å². The summed E-state index contributed by atoms with van der Waals surface area (Å²) in [5.41, 5.74) is 5.84. The van der Waals surface area contributed by atoms with Crippen molar-refractivity contribution in [1.82, 2.24) is 15.6 Å². The average molecular weight is 264 g/mol. The van der Waals surface area contributed by atoms with Gasteiger partial charge in [0.2, 0.25) is 5.91 Å². The molecule has 19 heavy (non-hydrogen) atoms. The number of aromatic nitrogens is 1. The van der Waals surface area contributed by atoms with E-state index in [1.807, 2.05) is 12.1 Å². The van der Waals surface area contributed by atoms with E-state index in [1.165, 1.54) is 0 Å². The zero-order valence-electron chi connectivity index (χ0n) is 10.9. The third kappa shape index (κ3) is 7.75. The molecule has 0 saturated heterocycles. The second-order valence-corrected chi connectivity index (χ2v) is 4.24. The lowest BCUT2D eigenvalue weighted by atomic mass is 10.2. The van der Waals surface area contributed by atoms with Crippen LogP contribution in [0.5, 0.6) is 0 Å². The molecule has 0 aliphatic rings. The fraction of sp³-hybridized carbons (Fsp3) is 0.462. The molecular formula is C13H20N4O2. The summed E-state index contributed by atoms with van der Waals surface area (Å²) >= 11 is 0. The number of hydrogen-bond acceptors (Lipinski definition) is 3. The minimum Gasteiger partial charge on any atom is -0.356 e. The lowest BCUT2D eigenvalue weighted by Crippen LogP contribution is -2.30. The molecule has 1 heterocycles. The lowest BCUT2D eigenvalue weighted by molar-refractivity contribution is -0.120. The van der Waals surface area contributed by atoms with Gasteiger partial charge in [0, 0.05) is 25.5 Å². The number of amides is 3. The van der Waals surface area contributed by atoms with E-state index >= 15 is 0 Å². The highest BCUT2D eigenvalue weighted by molar-refractivity contribution is 5.78. The lowest BCUT2D eigenvalue weighted by Gasteiger charge is -2.05. The highest BCUT2D eigenvalue weighted by Crippen LogP contribution is 1.97. The highest BCUT2D eigenvalue weighted by Gasteiger charge is 2.02. The number of rotatable bonds is 8. The molecule has 6 heteroatoms. The van der Waals surface area contributed by atoms with E-state index in [9.17, 15) is 9.59 Å². The quantitative estimate of drug-likeness (QED) is 0.599. The maximum atomic E-state index is 11.6. The first-order valence-corrected chi connectivity index (χ1v) is 6.37. The Morgan fingerprint density at radius 1 is 1.16 bits per heavy atom. The Morgan fingerprint density at radius 2 is 1.89 bits per heavy atom. The van der Waals surface area contributed by atoms with Crippen molar-refractivity contribution in [2.75, 3.05) is 13.1 Å². The molecule has 0 radical (unpaired) electrons. The van der Waals surface area contributed by atoms with Crippen LogP contribution in [0.2, 0.25) is 0 Å². The van der Waals surface area contributed by atoms with Crippen LogP contribution in [0.1, 0.15) is 24.8 Å². The molecule has 104 valence electrons. The standard InChI is InChI=1S/C13H20N4O2/c14-13(19)17-8-3-1-2-7-16-12(18)9-11-5-4-6-15-10-11/h4-6,10H,1-3,7-9H2,(H,16,18)(H3,14,17,19). The van der Waals surface area contributed by atoms with Gasteiger partial charge < -0.3 is 16.4 Å². The highest BCUT2D eigenvalue weighted by atomic mass is 16.2. The Hall–Kier alpha value is -2.11. The van der Waals surface area contributed by atoms with E-state index in [1.54, 1.807) is 12.4 Å². The number of carbonyl (C=O) groups is 2. The number of hydrogen-bond donors (Lipinski definition) is 3. The first-order valence-electron chi connectivity index (χ1n) is 6.37. The number of nitrogens with zero attached hydrogens (tertiary/aromatic N) is 1. The second-order valence-electron chi connectivity index (χ2n) is 4.24. The van der Waals surface area contributed by atoms with Gasteiger partial charge >= 0.3 is 6.03 Å². The Kier molecular flexibility index (Phi) is 7.01. The first kappa shape index (κ1) is 14.9. The van der Waals surface area contributed by atoms with Gasteiger partial charge in [0.05, 0.1) is 6.42 Å². The molecule has 4 N–H and O–H groups in total. The van der Waals surface area contributed by atoms with Crippen molar-refractivity contribution in [3.8, 4) is 0 Å². The normalized spacial score (nSPS) is 9.89. The molecule has 3 amide bonds. The van der Waals surface area contributed by atoms with Gasteiger partial charge in [-0.25, -0.2) is 4.79 Å². The summed E-state index contributed by atoms with van der Waals surface area (Å²) in [5.74, 6) is 0.00302. The summed E-state index contributed by atoms with van der Waals surface area (Å²) in [4.78, 5) is 25.9. The van der Waals surface area contributed by atoms with Crippen molar-refractivity contribution in [2.24, 2.45) is 5.73 Å². The number of urea groups is 1. The smallest absolute Gasteiger partial charge is 0.312 e. The number of pyridine rings is 1. The van der Waals surface area contributed by atoms with E-state index in [0.717, 1.165) is 24.8 Å². The number of nitrogens with two attached hydrogens (primary N) is 1. The van der Waals surface area contributed by atoms with Crippen LogP contribution in [0.25, 0.3) is 0 Å². The van der Waals surface area contributed by atoms with Gasteiger partial charge in [0.1, 0.15) is 0 Å². The molecular weight excluding hydrogens is 244 g/mol. The summed E-state index contributed by atoms with van der Waals surface area (Å²) in [6.07, 6.45) is 6.42. The maximum Gasteiger partial charge on any atom is 0.312 e. The molecule has 0 atom stereocenters. The summed E-state index contributed by atoms with van der Waals surface area (Å²) in [6, 6.07) is 3.20. The van der Waals surface area contributed by atoms with Crippen LogP contribution in [0.4, 0.5) is 4.79 Å². The van der Waals surface area contributed by atoms with Gasteiger partial charge in [0.25, 0.3) is 0 Å². The molecule has 0 aliphatic carbocycles. The average Bonchev–Trinajstić information content (AvgIpc) is 2.38. The molecule has 0 fully saturated rings. The third-order valence-electron chi connectivity index (χ3n) is 2.56.